The zero-order chi connectivity index (χ0) is 12.1. The topological polar surface area (TPSA) is 73.1 Å². The fourth-order valence-corrected chi connectivity index (χ4v) is 1.11. The molecule has 5 heteroatoms. The van der Waals surface area contributed by atoms with E-state index in [9.17, 15) is 9.18 Å². The summed E-state index contributed by atoms with van der Waals surface area (Å²) in [5.41, 5.74) is 0.583. The van der Waals surface area contributed by atoms with Crippen LogP contribution in [0.4, 0.5) is 4.39 Å². The number of carbonyl (C=O) groups is 1. The zero-order valence-corrected chi connectivity index (χ0v) is 8.70. The van der Waals surface area contributed by atoms with Gasteiger partial charge in [0.15, 0.2) is 0 Å². The smallest absolute Gasteiger partial charge is 0.320 e. The number of benzene rings is 1. The standard InChI is InChI=1S/C11H11FN2O2/c1-7(11(15)16)14-6-9-3-2-8(5-13)4-10(9)12/h2-4,7,14H,6H2,1H3,(H,15,16)/t7-/m0/s1. The van der Waals surface area contributed by atoms with E-state index in [1.807, 2.05) is 6.07 Å². The molecule has 0 bridgehead atoms. The Morgan fingerprint density at radius 1 is 1.69 bits per heavy atom. The van der Waals surface area contributed by atoms with Gasteiger partial charge in [-0.25, -0.2) is 4.39 Å². The molecule has 0 aromatic heterocycles. The summed E-state index contributed by atoms with van der Waals surface area (Å²) in [6.45, 7) is 1.59. The number of rotatable bonds is 4. The van der Waals surface area contributed by atoms with Crippen LogP contribution < -0.4 is 5.32 Å². The Hall–Kier alpha value is -1.93. The normalized spacial score (nSPS) is 11.8. The molecule has 0 saturated heterocycles. The minimum Gasteiger partial charge on any atom is -0.480 e. The van der Waals surface area contributed by atoms with Crippen molar-refractivity contribution >= 4 is 5.97 Å². The van der Waals surface area contributed by atoms with Crippen molar-refractivity contribution in [2.75, 3.05) is 0 Å². The molecule has 1 atom stereocenters. The highest BCUT2D eigenvalue weighted by Gasteiger charge is 2.11. The van der Waals surface area contributed by atoms with E-state index in [2.05, 4.69) is 5.32 Å². The predicted molar refractivity (Wildman–Crippen MR) is 55.1 cm³/mol. The molecule has 0 radical (unpaired) electrons. The Labute approximate surface area is 92.3 Å². The lowest BCUT2D eigenvalue weighted by atomic mass is 10.1. The quantitative estimate of drug-likeness (QED) is 0.804. The van der Waals surface area contributed by atoms with Gasteiger partial charge in [0.2, 0.25) is 0 Å². The molecular formula is C11H11FN2O2. The van der Waals surface area contributed by atoms with Crippen LogP contribution in [0.1, 0.15) is 18.1 Å². The molecule has 0 unspecified atom stereocenters. The summed E-state index contributed by atoms with van der Waals surface area (Å²) in [5.74, 6) is -1.50. The Morgan fingerprint density at radius 3 is 2.88 bits per heavy atom. The molecule has 1 aromatic rings. The van der Waals surface area contributed by atoms with Gasteiger partial charge in [-0.15, -0.1) is 0 Å². The number of nitrogens with one attached hydrogen (secondary N) is 1. The lowest BCUT2D eigenvalue weighted by Crippen LogP contribution is -2.33. The molecule has 0 heterocycles. The van der Waals surface area contributed by atoms with E-state index in [4.69, 9.17) is 10.4 Å². The average molecular weight is 222 g/mol. The third-order valence-corrected chi connectivity index (χ3v) is 2.15. The van der Waals surface area contributed by atoms with Gasteiger partial charge >= 0.3 is 5.97 Å². The number of carboxylic acids is 1. The highest BCUT2D eigenvalue weighted by atomic mass is 19.1. The molecule has 0 amide bonds. The predicted octanol–water partition coefficient (Wildman–Crippen LogP) is 1.26. The molecule has 16 heavy (non-hydrogen) atoms. The molecule has 1 rings (SSSR count). The molecule has 0 aliphatic carbocycles. The summed E-state index contributed by atoms with van der Waals surface area (Å²) in [6.07, 6.45) is 0. The number of hydrogen-bond donors (Lipinski definition) is 2. The van der Waals surface area contributed by atoms with Gasteiger partial charge in [-0.2, -0.15) is 5.26 Å². The second-order valence-corrected chi connectivity index (χ2v) is 3.36. The maximum atomic E-state index is 13.4. The van der Waals surface area contributed by atoms with Gasteiger partial charge in [0.1, 0.15) is 11.9 Å². The zero-order valence-electron chi connectivity index (χ0n) is 8.70. The first-order valence-electron chi connectivity index (χ1n) is 4.69. The van der Waals surface area contributed by atoms with E-state index in [0.29, 0.717) is 5.56 Å². The summed E-state index contributed by atoms with van der Waals surface area (Å²) in [4.78, 5) is 10.5. The van der Waals surface area contributed by atoms with Crippen LogP contribution in [0.5, 0.6) is 0 Å². The van der Waals surface area contributed by atoms with Crippen LogP contribution >= 0.6 is 0 Å². The first kappa shape index (κ1) is 12.1. The highest BCUT2D eigenvalue weighted by molar-refractivity contribution is 5.72. The van der Waals surface area contributed by atoms with Crippen molar-refractivity contribution in [1.82, 2.24) is 5.32 Å². The lowest BCUT2D eigenvalue weighted by molar-refractivity contribution is -0.139. The van der Waals surface area contributed by atoms with Crippen molar-refractivity contribution in [3.05, 3.63) is 35.1 Å². The number of hydrogen-bond acceptors (Lipinski definition) is 3. The molecule has 84 valence electrons. The van der Waals surface area contributed by atoms with Gasteiger partial charge in [-0.3, -0.25) is 4.79 Å². The second-order valence-electron chi connectivity index (χ2n) is 3.36. The minimum atomic E-state index is -0.992. The van der Waals surface area contributed by atoms with Gasteiger partial charge in [-0.1, -0.05) is 6.07 Å². The van der Waals surface area contributed by atoms with Crippen molar-refractivity contribution in [1.29, 1.82) is 5.26 Å². The Kier molecular flexibility index (Phi) is 3.97. The van der Waals surface area contributed by atoms with Gasteiger partial charge < -0.3 is 10.4 Å². The number of nitrogens with zero attached hydrogens (tertiary/aromatic N) is 1. The van der Waals surface area contributed by atoms with E-state index >= 15 is 0 Å². The summed E-state index contributed by atoms with van der Waals surface area (Å²) in [7, 11) is 0. The van der Waals surface area contributed by atoms with E-state index in [0.717, 1.165) is 6.07 Å². The van der Waals surface area contributed by atoms with Crippen LogP contribution in [0.25, 0.3) is 0 Å². The van der Waals surface area contributed by atoms with Crippen LogP contribution in [-0.4, -0.2) is 17.1 Å². The fraction of sp³-hybridized carbons (Fsp3) is 0.273. The number of nitriles is 1. The van der Waals surface area contributed by atoms with E-state index in [-0.39, 0.29) is 12.1 Å². The van der Waals surface area contributed by atoms with Crippen LogP contribution in [0.3, 0.4) is 0 Å². The maximum absolute atomic E-state index is 13.4. The summed E-state index contributed by atoms with van der Waals surface area (Å²) in [6, 6.07) is 5.17. The van der Waals surface area contributed by atoms with Gasteiger partial charge in [-0.05, 0) is 19.1 Å². The van der Waals surface area contributed by atoms with Gasteiger partial charge in [0.25, 0.3) is 0 Å². The van der Waals surface area contributed by atoms with Crippen molar-refractivity contribution < 1.29 is 14.3 Å². The molecule has 0 aliphatic heterocycles. The van der Waals surface area contributed by atoms with Crippen molar-refractivity contribution in [2.45, 2.75) is 19.5 Å². The summed E-state index contributed by atoms with van der Waals surface area (Å²) >= 11 is 0. The first-order valence-corrected chi connectivity index (χ1v) is 4.69. The molecule has 0 fully saturated rings. The van der Waals surface area contributed by atoms with E-state index < -0.39 is 17.8 Å². The average Bonchev–Trinajstić information content (AvgIpc) is 2.26. The number of halogens is 1. The lowest BCUT2D eigenvalue weighted by Gasteiger charge is -2.09. The Morgan fingerprint density at radius 2 is 2.38 bits per heavy atom. The molecule has 0 aliphatic rings. The minimum absolute atomic E-state index is 0.116. The molecular weight excluding hydrogens is 211 g/mol. The largest absolute Gasteiger partial charge is 0.480 e. The van der Waals surface area contributed by atoms with Crippen LogP contribution in [0, 0.1) is 17.1 Å². The van der Waals surface area contributed by atoms with E-state index in [1.54, 1.807) is 0 Å². The number of carboxylic acid groups (broad SMARTS) is 1. The van der Waals surface area contributed by atoms with E-state index in [1.165, 1.54) is 19.1 Å². The monoisotopic (exact) mass is 222 g/mol. The molecule has 0 saturated carbocycles. The molecule has 0 spiro atoms. The summed E-state index contributed by atoms with van der Waals surface area (Å²) in [5, 5.41) is 19.8. The second kappa shape index (κ2) is 5.24. The van der Waals surface area contributed by atoms with Crippen molar-refractivity contribution in [2.24, 2.45) is 0 Å². The van der Waals surface area contributed by atoms with Crippen LogP contribution in [0.2, 0.25) is 0 Å². The van der Waals surface area contributed by atoms with Crippen molar-refractivity contribution in [3.63, 3.8) is 0 Å². The van der Waals surface area contributed by atoms with Gasteiger partial charge in [0, 0.05) is 12.1 Å². The fourth-order valence-electron chi connectivity index (χ4n) is 1.11. The Balaban J connectivity index is 2.69. The molecule has 4 nitrogen and oxygen atoms in total. The summed E-state index contributed by atoms with van der Waals surface area (Å²) < 4.78 is 13.4. The van der Waals surface area contributed by atoms with Crippen molar-refractivity contribution in [3.8, 4) is 6.07 Å². The third kappa shape index (κ3) is 3.04. The molecule has 1 aromatic carbocycles. The SMILES string of the molecule is C[C@H](NCc1ccc(C#N)cc1F)C(=O)O. The first-order chi connectivity index (χ1) is 7.54. The maximum Gasteiger partial charge on any atom is 0.320 e. The van der Waals surface area contributed by atoms with Crippen LogP contribution in [-0.2, 0) is 11.3 Å². The Bertz CT molecular complexity index is 440. The third-order valence-electron chi connectivity index (χ3n) is 2.15. The van der Waals surface area contributed by atoms with Crippen LogP contribution in [0.15, 0.2) is 18.2 Å². The highest BCUT2D eigenvalue weighted by Crippen LogP contribution is 2.09. The molecule has 2 N–H and O–H groups in total. The van der Waals surface area contributed by atoms with Gasteiger partial charge in [0.05, 0.1) is 11.6 Å². The number of aliphatic carboxylic acids is 1.